The zero-order valence-corrected chi connectivity index (χ0v) is 19.4. The fourth-order valence-electron chi connectivity index (χ4n) is 3.15. The second-order valence-electron chi connectivity index (χ2n) is 7.26. The quantitative estimate of drug-likeness (QED) is 0.390. The average Bonchev–Trinajstić information content (AvgIpc) is 3.05. The Kier molecular flexibility index (Phi) is 7.73. The SMILES string of the molecule is CCOC(=O)c1cccc(NC(=O)Cn2nc(CNC(=O)c3ccccc3C)n(C)c2=S)c1. The smallest absolute Gasteiger partial charge is 0.338 e. The number of amides is 2. The summed E-state index contributed by atoms with van der Waals surface area (Å²) in [6.45, 7) is 3.89. The van der Waals surface area contributed by atoms with Crippen LogP contribution in [0.15, 0.2) is 48.5 Å². The highest BCUT2D eigenvalue weighted by Crippen LogP contribution is 2.12. The standard InChI is InChI=1S/C23H25N5O4S/c1-4-32-22(31)16-9-7-10-17(12-16)25-20(29)14-28-23(33)27(3)19(26-28)13-24-21(30)18-11-6-5-8-15(18)2/h5-12H,4,13-14H2,1-3H3,(H,24,30)(H,25,29). The van der Waals surface area contributed by atoms with Crippen molar-refractivity contribution in [3.05, 3.63) is 75.8 Å². The summed E-state index contributed by atoms with van der Waals surface area (Å²) < 4.78 is 8.34. The summed E-state index contributed by atoms with van der Waals surface area (Å²) >= 11 is 5.38. The number of esters is 1. The van der Waals surface area contributed by atoms with Crippen molar-refractivity contribution in [2.75, 3.05) is 11.9 Å². The van der Waals surface area contributed by atoms with Crippen LogP contribution in [-0.2, 0) is 29.7 Å². The number of nitrogens with zero attached hydrogens (tertiary/aromatic N) is 3. The Morgan fingerprint density at radius 2 is 1.88 bits per heavy atom. The van der Waals surface area contributed by atoms with Crippen molar-refractivity contribution in [1.29, 1.82) is 0 Å². The van der Waals surface area contributed by atoms with Gasteiger partial charge >= 0.3 is 5.97 Å². The van der Waals surface area contributed by atoms with Crippen molar-refractivity contribution in [3.63, 3.8) is 0 Å². The van der Waals surface area contributed by atoms with Gasteiger partial charge in [0.15, 0.2) is 10.6 Å². The number of rotatable bonds is 8. The van der Waals surface area contributed by atoms with E-state index in [4.69, 9.17) is 17.0 Å². The summed E-state index contributed by atoms with van der Waals surface area (Å²) in [5, 5.41) is 9.94. The third-order valence-corrected chi connectivity index (χ3v) is 5.36. The Labute approximate surface area is 196 Å². The minimum atomic E-state index is -0.460. The summed E-state index contributed by atoms with van der Waals surface area (Å²) in [4.78, 5) is 36.9. The van der Waals surface area contributed by atoms with Crippen LogP contribution in [0.25, 0.3) is 0 Å². The number of nitrogens with one attached hydrogen (secondary N) is 2. The van der Waals surface area contributed by atoms with Gasteiger partial charge in [0.1, 0.15) is 6.54 Å². The lowest BCUT2D eigenvalue weighted by Gasteiger charge is -2.07. The number of ether oxygens (including phenoxy) is 1. The van der Waals surface area contributed by atoms with Gasteiger partial charge < -0.3 is 19.9 Å². The zero-order chi connectivity index (χ0) is 24.0. The number of aryl methyl sites for hydroxylation is 1. The molecule has 0 aliphatic heterocycles. The minimum Gasteiger partial charge on any atom is -0.462 e. The lowest BCUT2D eigenvalue weighted by molar-refractivity contribution is -0.116. The first-order valence-electron chi connectivity index (χ1n) is 10.3. The maximum Gasteiger partial charge on any atom is 0.338 e. The molecule has 0 radical (unpaired) electrons. The first kappa shape index (κ1) is 23.9. The molecule has 0 bridgehead atoms. The molecule has 0 saturated carbocycles. The molecule has 0 fully saturated rings. The molecule has 3 rings (SSSR count). The number of benzene rings is 2. The van der Waals surface area contributed by atoms with Gasteiger partial charge in [-0.05, 0) is 55.9 Å². The number of carbonyl (C=O) groups is 3. The molecule has 0 atom stereocenters. The fourth-order valence-corrected chi connectivity index (χ4v) is 3.36. The highest BCUT2D eigenvalue weighted by molar-refractivity contribution is 7.71. The van der Waals surface area contributed by atoms with Crippen molar-refractivity contribution in [2.24, 2.45) is 7.05 Å². The van der Waals surface area contributed by atoms with Crippen molar-refractivity contribution in [2.45, 2.75) is 26.9 Å². The zero-order valence-electron chi connectivity index (χ0n) is 18.6. The summed E-state index contributed by atoms with van der Waals surface area (Å²) in [6, 6.07) is 13.8. The molecular weight excluding hydrogens is 442 g/mol. The summed E-state index contributed by atoms with van der Waals surface area (Å²) in [5.41, 5.74) is 2.26. The first-order valence-corrected chi connectivity index (χ1v) is 10.7. The van der Waals surface area contributed by atoms with Gasteiger partial charge in [-0.3, -0.25) is 9.59 Å². The van der Waals surface area contributed by atoms with Crippen molar-refractivity contribution >= 4 is 35.7 Å². The topological polar surface area (TPSA) is 107 Å². The molecule has 1 aromatic heterocycles. The predicted molar refractivity (Wildman–Crippen MR) is 125 cm³/mol. The van der Waals surface area contributed by atoms with Crippen LogP contribution in [-0.4, -0.2) is 38.7 Å². The number of carbonyl (C=O) groups excluding carboxylic acids is 3. The van der Waals surface area contributed by atoms with Crippen molar-refractivity contribution in [1.82, 2.24) is 19.7 Å². The van der Waals surface area contributed by atoms with Crippen LogP contribution in [0, 0.1) is 11.7 Å². The fraction of sp³-hybridized carbons (Fsp3) is 0.261. The molecule has 3 aromatic rings. The number of aromatic nitrogens is 3. The molecule has 2 N–H and O–H groups in total. The molecule has 0 unspecified atom stereocenters. The lowest BCUT2D eigenvalue weighted by atomic mass is 10.1. The van der Waals surface area contributed by atoms with Crippen LogP contribution >= 0.6 is 12.2 Å². The van der Waals surface area contributed by atoms with Gasteiger partial charge in [0.2, 0.25) is 5.91 Å². The molecule has 0 saturated heterocycles. The van der Waals surface area contributed by atoms with Crippen LogP contribution in [0.3, 0.4) is 0 Å². The molecule has 172 valence electrons. The van der Waals surface area contributed by atoms with E-state index in [0.29, 0.717) is 27.4 Å². The van der Waals surface area contributed by atoms with Gasteiger partial charge in [0, 0.05) is 18.3 Å². The molecule has 2 aromatic carbocycles. The Morgan fingerprint density at radius 1 is 1.12 bits per heavy atom. The normalized spacial score (nSPS) is 10.5. The van der Waals surface area contributed by atoms with Gasteiger partial charge in [-0.2, -0.15) is 5.10 Å². The van der Waals surface area contributed by atoms with E-state index in [0.717, 1.165) is 5.56 Å². The summed E-state index contributed by atoms with van der Waals surface area (Å²) in [7, 11) is 1.72. The monoisotopic (exact) mass is 467 g/mol. The highest BCUT2D eigenvalue weighted by atomic mass is 32.1. The number of anilines is 1. The van der Waals surface area contributed by atoms with E-state index in [9.17, 15) is 14.4 Å². The van der Waals surface area contributed by atoms with E-state index in [1.165, 1.54) is 4.68 Å². The molecule has 10 heteroatoms. The number of hydrogen-bond donors (Lipinski definition) is 2. The Bertz CT molecular complexity index is 1250. The number of hydrogen-bond acceptors (Lipinski definition) is 6. The van der Waals surface area contributed by atoms with Crippen molar-refractivity contribution < 1.29 is 19.1 Å². The maximum atomic E-state index is 12.5. The average molecular weight is 468 g/mol. The van der Waals surface area contributed by atoms with Gasteiger partial charge in [-0.25, -0.2) is 9.48 Å². The minimum absolute atomic E-state index is 0.123. The second-order valence-corrected chi connectivity index (χ2v) is 7.63. The van der Waals surface area contributed by atoms with Crippen LogP contribution in [0.4, 0.5) is 5.69 Å². The van der Waals surface area contributed by atoms with Crippen LogP contribution < -0.4 is 10.6 Å². The van der Waals surface area contributed by atoms with E-state index in [1.54, 1.807) is 54.9 Å². The second kappa shape index (κ2) is 10.7. The third-order valence-electron chi connectivity index (χ3n) is 4.88. The highest BCUT2D eigenvalue weighted by Gasteiger charge is 2.14. The largest absolute Gasteiger partial charge is 0.462 e. The van der Waals surface area contributed by atoms with E-state index in [-0.39, 0.29) is 31.5 Å². The van der Waals surface area contributed by atoms with Crippen LogP contribution in [0.1, 0.15) is 39.0 Å². The Balaban J connectivity index is 1.65. The van der Waals surface area contributed by atoms with Gasteiger partial charge in [0.25, 0.3) is 5.91 Å². The Morgan fingerprint density at radius 3 is 2.61 bits per heavy atom. The first-order chi connectivity index (χ1) is 15.8. The molecular formula is C23H25N5O4S. The molecule has 1 heterocycles. The molecule has 0 aliphatic rings. The maximum absolute atomic E-state index is 12.5. The van der Waals surface area contributed by atoms with Crippen LogP contribution in [0.5, 0.6) is 0 Å². The van der Waals surface area contributed by atoms with E-state index < -0.39 is 5.97 Å². The lowest BCUT2D eigenvalue weighted by Crippen LogP contribution is -2.25. The molecule has 0 aliphatic carbocycles. The van der Waals surface area contributed by atoms with E-state index in [2.05, 4.69) is 15.7 Å². The Hall–Kier alpha value is -3.79. The molecule has 2 amide bonds. The van der Waals surface area contributed by atoms with Crippen molar-refractivity contribution in [3.8, 4) is 0 Å². The van der Waals surface area contributed by atoms with E-state index >= 15 is 0 Å². The van der Waals surface area contributed by atoms with Crippen LogP contribution in [0.2, 0.25) is 0 Å². The predicted octanol–water partition coefficient (Wildman–Crippen LogP) is 3.00. The molecule has 33 heavy (non-hydrogen) atoms. The van der Waals surface area contributed by atoms with E-state index in [1.807, 2.05) is 19.1 Å². The summed E-state index contributed by atoms with van der Waals surface area (Å²) in [5.74, 6) is -0.523. The molecule has 9 nitrogen and oxygen atoms in total. The third kappa shape index (κ3) is 5.92. The van der Waals surface area contributed by atoms with Gasteiger partial charge in [-0.15, -0.1) is 0 Å². The van der Waals surface area contributed by atoms with Gasteiger partial charge in [0.05, 0.1) is 18.7 Å². The molecule has 0 spiro atoms. The van der Waals surface area contributed by atoms with Gasteiger partial charge in [-0.1, -0.05) is 24.3 Å². The summed E-state index contributed by atoms with van der Waals surface area (Å²) in [6.07, 6.45) is 0.